The zero-order valence-corrected chi connectivity index (χ0v) is 16.4. The van der Waals surface area contributed by atoms with Gasteiger partial charge in [-0.05, 0) is 0 Å². The predicted molar refractivity (Wildman–Crippen MR) is 63.2 cm³/mol. The molecule has 0 aliphatic heterocycles. The quantitative estimate of drug-likeness (QED) is 0.283. The van der Waals surface area contributed by atoms with Gasteiger partial charge in [-0.15, -0.1) is 0 Å². The summed E-state index contributed by atoms with van der Waals surface area (Å²) in [5.41, 5.74) is 0. The minimum atomic E-state index is -5.15. The number of alkyl halides is 12. The van der Waals surface area contributed by atoms with E-state index >= 15 is 0 Å². The van der Waals surface area contributed by atoms with Crippen LogP contribution in [-0.4, -0.2) is 96.8 Å². The van der Waals surface area contributed by atoms with Gasteiger partial charge in [-0.3, -0.25) is 0 Å². The summed E-state index contributed by atoms with van der Waals surface area (Å²) in [6.45, 7) is 0. The number of rotatable bonds is 4. The predicted octanol–water partition coefficient (Wildman–Crippen LogP) is 2.06. The van der Waals surface area contributed by atoms with Crippen molar-refractivity contribution in [2.45, 2.75) is 62.0 Å². The van der Waals surface area contributed by atoms with Crippen molar-refractivity contribution < 1.29 is 73.1 Å². The van der Waals surface area contributed by atoms with Crippen molar-refractivity contribution in [2.75, 3.05) is 0 Å². The van der Waals surface area contributed by atoms with Crippen molar-refractivity contribution >= 4 is 27.3 Å². The first-order chi connectivity index (χ1) is 11.1. The molecule has 0 saturated carbocycles. The maximum absolute atomic E-state index is 11.5. The fourth-order valence-electron chi connectivity index (χ4n) is 0.957. The number of aliphatic hydroxyl groups excluding tert-OH is 4. The monoisotopic (exact) mass is 632 g/mol. The molecule has 27 heavy (non-hydrogen) atoms. The summed E-state index contributed by atoms with van der Waals surface area (Å²) in [4.78, 5) is 0. The minimum Gasteiger partial charge on any atom is -0.384 e. The third-order valence-electron chi connectivity index (χ3n) is 2.40. The van der Waals surface area contributed by atoms with E-state index in [-0.39, 0.29) is 27.3 Å². The van der Waals surface area contributed by atoms with Crippen LogP contribution >= 0.6 is 0 Å². The molecular weight excluding hydrogens is 619 g/mol. The van der Waals surface area contributed by atoms with Crippen LogP contribution in [0.4, 0.5) is 52.7 Å². The van der Waals surface area contributed by atoms with E-state index in [9.17, 15) is 52.7 Å². The molecular formula is C10H12F12O4Pb. The first kappa shape index (κ1) is 31.6. The van der Waals surface area contributed by atoms with E-state index in [0.717, 1.165) is 0 Å². The van der Waals surface area contributed by atoms with Crippen LogP contribution in [0.5, 0.6) is 0 Å². The van der Waals surface area contributed by atoms with Gasteiger partial charge < -0.3 is 20.4 Å². The first-order valence-electron chi connectivity index (χ1n) is 6.09. The summed E-state index contributed by atoms with van der Waals surface area (Å²) in [7, 11) is 0. The average Bonchev–Trinajstić information content (AvgIpc) is 2.34. The Kier molecular flexibility index (Phi) is 13.1. The van der Waals surface area contributed by atoms with Crippen LogP contribution in [0.2, 0.25) is 0 Å². The number of hydrogen-bond donors (Lipinski definition) is 4. The molecule has 0 fully saturated rings. The number of halogens is 12. The van der Waals surface area contributed by atoms with Gasteiger partial charge in [-0.2, -0.15) is 52.7 Å². The zero-order chi connectivity index (χ0) is 21.7. The van der Waals surface area contributed by atoms with Gasteiger partial charge in [-0.25, -0.2) is 0 Å². The van der Waals surface area contributed by atoms with E-state index in [1.807, 2.05) is 0 Å². The Morgan fingerprint density at radius 3 is 0.593 bits per heavy atom. The molecule has 0 rings (SSSR count). The SMILES string of the molecule is OC(CC(O)C(F)(F)F)C(F)(F)F.OC(CC(O)C(F)(F)F)C(F)(F)F.[Pb]. The van der Waals surface area contributed by atoms with E-state index in [1.54, 1.807) is 0 Å². The number of aliphatic hydroxyl groups is 4. The summed E-state index contributed by atoms with van der Waals surface area (Å²) in [6.07, 6.45) is -36.8. The molecule has 4 N–H and O–H groups in total. The maximum atomic E-state index is 11.5. The van der Waals surface area contributed by atoms with Crippen molar-refractivity contribution in [2.24, 2.45) is 0 Å². The van der Waals surface area contributed by atoms with Crippen LogP contribution in [0.25, 0.3) is 0 Å². The average molecular weight is 631 g/mol. The molecule has 164 valence electrons. The summed E-state index contributed by atoms with van der Waals surface area (Å²) in [5, 5.41) is 32.5. The van der Waals surface area contributed by atoms with E-state index < -0.39 is 62.0 Å². The Bertz CT molecular complexity index is 331. The van der Waals surface area contributed by atoms with Crippen LogP contribution in [0, 0.1) is 0 Å². The van der Waals surface area contributed by atoms with Gasteiger partial charge in [0.2, 0.25) is 0 Å². The van der Waals surface area contributed by atoms with Crippen LogP contribution in [0.15, 0.2) is 0 Å². The van der Waals surface area contributed by atoms with E-state index in [0.29, 0.717) is 0 Å². The van der Waals surface area contributed by atoms with Crippen LogP contribution in [-0.2, 0) is 0 Å². The van der Waals surface area contributed by atoms with Gasteiger partial charge in [0.05, 0.1) is 0 Å². The Morgan fingerprint density at radius 1 is 0.407 bits per heavy atom. The molecule has 0 saturated heterocycles. The Morgan fingerprint density at radius 2 is 0.519 bits per heavy atom. The molecule has 0 aromatic heterocycles. The largest absolute Gasteiger partial charge is 0.414 e. The third kappa shape index (κ3) is 14.6. The smallest absolute Gasteiger partial charge is 0.384 e. The Balaban J connectivity index is -0.000000411. The van der Waals surface area contributed by atoms with Crippen molar-refractivity contribution in [3.8, 4) is 0 Å². The van der Waals surface area contributed by atoms with Gasteiger partial charge in [0.1, 0.15) is 0 Å². The second-order valence-corrected chi connectivity index (χ2v) is 4.70. The van der Waals surface area contributed by atoms with E-state index in [4.69, 9.17) is 20.4 Å². The van der Waals surface area contributed by atoms with Crippen molar-refractivity contribution in [3.05, 3.63) is 0 Å². The summed E-state index contributed by atoms with van der Waals surface area (Å²) in [5.74, 6) is 0. The third-order valence-corrected chi connectivity index (χ3v) is 2.40. The van der Waals surface area contributed by atoms with Crippen molar-refractivity contribution in [1.29, 1.82) is 0 Å². The molecule has 17 heteroatoms. The molecule has 0 amide bonds. The first-order valence-corrected chi connectivity index (χ1v) is 6.09. The van der Waals surface area contributed by atoms with Crippen molar-refractivity contribution in [3.63, 3.8) is 0 Å². The molecule has 0 aromatic carbocycles. The van der Waals surface area contributed by atoms with Crippen LogP contribution in [0.1, 0.15) is 12.8 Å². The topological polar surface area (TPSA) is 80.9 Å². The van der Waals surface area contributed by atoms with Crippen molar-refractivity contribution in [1.82, 2.24) is 0 Å². The summed E-state index contributed by atoms with van der Waals surface area (Å²) < 4.78 is 138. The van der Waals surface area contributed by atoms with Crippen LogP contribution < -0.4 is 0 Å². The van der Waals surface area contributed by atoms with Gasteiger partial charge in [0.25, 0.3) is 0 Å². The Hall–Kier alpha value is -0.0779. The zero-order valence-electron chi connectivity index (χ0n) is 12.5. The normalized spacial score (nSPS) is 17.8. The summed E-state index contributed by atoms with van der Waals surface area (Å²) in [6, 6.07) is 0. The maximum Gasteiger partial charge on any atom is 0.414 e. The Labute approximate surface area is 162 Å². The molecule has 4 unspecified atom stereocenters. The molecule has 0 aliphatic rings. The molecule has 4 nitrogen and oxygen atoms in total. The molecule has 0 heterocycles. The van der Waals surface area contributed by atoms with E-state index in [1.165, 1.54) is 0 Å². The second-order valence-electron chi connectivity index (χ2n) is 4.70. The molecule has 0 aromatic rings. The fourth-order valence-corrected chi connectivity index (χ4v) is 0.957. The van der Waals surface area contributed by atoms with Gasteiger partial charge in [-0.1, -0.05) is 0 Å². The summed E-state index contributed by atoms with van der Waals surface area (Å²) >= 11 is 0. The number of hydrogen-bond acceptors (Lipinski definition) is 4. The van der Waals surface area contributed by atoms with Gasteiger partial charge in [0.15, 0.2) is 24.4 Å². The standard InChI is InChI=1S/2C5H6F6O2.Pb/c2*6-4(7,8)2(12)1-3(13)5(9,10)11;/h2*2-3,12-13H,1H2;. The fraction of sp³-hybridized carbons (Fsp3) is 1.00. The molecule has 0 bridgehead atoms. The molecule has 4 atom stereocenters. The van der Waals surface area contributed by atoms with Crippen LogP contribution in [0.3, 0.4) is 0 Å². The van der Waals surface area contributed by atoms with Gasteiger partial charge >= 0.3 is 24.7 Å². The molecule has 0 aliphatic carbocycles. The molecule has 0 spiro atoms. The van der Waals surface area contributed by atoms with Gasteiger partial charge in [0, 0.05) is 40.1 Å². The van der Waals surface area contributed by atoms with E-state index in [2.05, 4.69) is 0 Å². The molecule has 4 radical (unpaired) electrons. The minimum absolute atomic E-state index is 0. The second kappa shape index (κ2) is 11.2.